The number of nitrogen functional groups attached to an aromatic ring is 1. The van der Waals surface area contributed by atoms with Gasteiger partial charge in [0, 0.05) is 13.1 Å². The molecule has 0 saturated carbocycles. The Morgan fingerprint density at radius 3 is 2.59 bits per heavy atom. The molecule has 1 aromatic rings. The van der Waals surface area contributed by atoms with Crippen molar-refractivity contribution in [1.82, 2.24) is 4.90 Å². The van der Waals surface area contributed by atoms with Crippen LogP contribution in [0.3, 0.4) is 0 Å². The third-order valence-electron chi connectivity index (χ3n) is 4.02. The molecule has 1 heterocycles. The Bertz CT molecular complexity index is 534. The van der Waals surface area contributed by atoms with Gasteiger partial charge in [0.05, 0.1) is 36.5 Å². The first-order chi connectivity index (χ1) is 9.81. The van der Waals surface area contributed by atoms with Crippen molar-refractivity contribution in [3.05, 3.63) is 23.2 Å². The lowest BCUT2D eigenvalue weighted by Crippen LogP contribution is -3.00. The fourth-order valence-electron chi connectivity index (χ4n) is 2.39. The summed E-state index contributed by atoms with van der Waals surface area (Å²) in [6, 6.07) is 4.63. The van der Waals surface area contributed by atoms with E-state index in [2.05, 4.69) is 11.9 Å². The summed E-state index contributed by atoms with van der Waals surface area (Å²) in [6.45, 7) is 3.93. The van der Waals surface area contributed by atoms with Gasteiger partial charge in [-0.15, -0.1) is 0 Å². The van der Waals surface area contributed by atoms with E-state index >= 15 is 0 Å². The van der Waals surface area contributed by atoms with Gasteiger partial charge < -0.3 is 22.6 Å². The number of quaternary nitrogens is 1. The van der Waals surface area contributed by atoms with Crippen LogP contribution in [-0.4, -0.2) is 67.3 Å². The van der Waals surface area contributed by atoms with Crippen LogP contribution in [0.25, 0.3) is 0 Å². The van der Waals surface area contributed by atoms with Crippen molar-refractivity contribution in [3.63, 3.8) is 0 Å². The smallest absolute Gasteiger partial charge is 0.305 e. The molecule has 1 fully saturated rings. The first-order valence-corrected chi connectivity index (χ1v) is 7.27. The maximum atomic E-state index is 12.3. The third-order valence-corrected chi connectivity index (χ3v) is 4.35. The van der Waals surface area contributed by atoms with Crippen molar-refractivity contribution >= 4 is 28.9 Å². The lowest BCUT2D eigenvalue weighted by atomic mass is 10.2. The van der Waals surface area contributed by atoms with Crippen LogP contribution in [0.1, 0.15) is 0 Å². The fourth-order valence-corrected chi connectivity index (χ4v) is 2.57. The largest absolute Gasteiger partial charge is 1.00 e. The first kappa shape index (κ1) is 19.0. The highest BCUT2D eigenvalue weighted by Crippen LogP contribution is 2.25. The van der Waals surface area contributed by atoms with Crippen LogP contribution in [-0.2, 0) is 4.79 Å². The van der Waals surface area contributed by atoms with Gasteiger partial charge in [0.2, 0.25) is 0 Å². The Balaban J connectivity index is 0.00000242. The van der Waals surface area contributed by atoms with Crippen LogP contribution in [0.4, 0.5) is 11.4 Å². The number of hydroxylamine groups is 1. The number of halogens is 2. The molecule has 0 aliphatic carbocycles. The number of hydrogen-bond acceptors (Lipinski definition) is 4. The van der Waals surface area contributed by atoms with E-state index in [-0.39, 0.29) is 24.9 Å². The fraction of sp³-hybridized carbons (Fsp3) is 0.500. The number of hydrogen-bond donors (Lipinski definition) is 2. The Hall–Kier alpha value is -1.05. The predicted octanol–water partition coefficient (Wildman–Crippen LogP) is -1.96. The number of rotatable bonds is 3. The highest BCUT2D eigenvalue weighted by Gasteiger charge is 2.31. The van der Waals surface area contributed by atoms with Crippen LogP contribution in [0.15, 0.2) is 18.2 Å². The molecule has 0 radical (unpaired) electrons. The summed E-state index contributed by atoms with van der Waals surface area (Å²) in [5, 5.41) is 11.0. The summed E-state index contributed by atoms with van der Waals surface area (Å²) >= 11 is 5.91. The molecule has 0 atom stereocenters. The summed E-state index contributed by atoms with van der Waals surface area (Å²) in [5.74, 6) is -0.345. The molecule has 1 aliphatic rings. The van der Waals surface area contributed by atoms with Crippen LogP contribution in [0, 0.1) is 0 Å². The highest BCUT2D eigenvalue weighted by atomic mass is 35.5. The molecule has 2 rings (SSSR count). The zero-order chi connectivity index (χ0) is 15.6. The monoisotopic (exact) mass is 348 g/mol. The average molecular weight is 349 g/mol. The van der Waals surface area contributed by atoms with Gasteiger partial charge >= 0.3 is 5.91 Å². The molecular formula is C14H22Cl2N4O2. The number of benzene rings is 1. The third kappa shape index (κ3) is 4.47. The number of amides is 1. The Kier molecular flexibility index (Phi) is 6.46. The van der Waals surface area contributed by atoms with Crippen LogP contribution >= 0.6 is 11.6 Å². The Morgan fingerprint density at radius 2 is 2.05 bits per heavy atom. The van der Waals surface area contributed by atoms with E-state index in [1.807, 2.05) is 7.05 Å². The number of carbonyl (C=O) groups is 1. The molecule has 1 aromatic carbocycles. The molecule has 3 N–H and O–H groups in total. The van der Waals surface area contributed by atoms with Gasteiger partial charge in [-0.05, 0) is 25.2 Å². The quantitative estimate of drug-likeness (QED) is 0.288. The zero-order valence-corrected chi connectivity index (χ0v) is 14.3. The standard InChI is InChI=1S/C14H22ClN4O2.ClH/c1-17-5-7-19(2,8-6-17)10-14(20)18(21)11-3-4-13(16)12(15)9-11;/h3-4,9,21H,5-8,10,16H2,1-2H3;1H/q+1;/p-1. The lowest BCUT2D eigenvalue weighted by Gasteiger charge is -2.40. The van der Waals surface area contributed by atoms with E-state index in [0.717, 1.165) is 26.2 Å². The number of anilines is 2. The predicted molar refractivity (Wildman–Crippen MR) is 83.4 cm³/mol. The molecule has 22 heavy (non-hydrogen) atoms. The van der Waals surface area contributed by atoms with E-state index in [4.69, 9.17) is 17.3 Å². The Morgan fingerprint density at radius 1 is 1.45 bits per heavy atom. The van der Waals surface area contributed by atoms with E-state index in [0.29, 0.717) is 25.9 Å². The molecule has 0 unspecified atom stereocenters. The van der Waals surface area contributed by atoms with Crippen molar-refractivity contribution in [2.75, 3.05) is 57.6 Å². The Labute approximate surface area is 142 Å². The van der Waals surface area contributed by atoms with Crippen molar-refractivity contribution in [2.45, 2.75) is 0 Å². The van der Waals surface area contributed by atoms with Gasteiger partial charge in [-0.2, -0.15) is 5.06 Å². The van der Waals surface area contributed by atoms with Crippen LogP contribution < -0.4 is 23.2 Å². The summed E-state index contributed by atoms with van der Waals surface area (Å²) in [6.07, 6.45) is 0. The molecule has 1 aliphatic heterocycles. The first-order valence-electron chi connectivity index (χ1n) is 6.90. The average Bonchev–Trinajstić information content (AvgIpc) is 2.44. The second-order valence-corrected chi connectivity index (χ2v) is 6.35. The molecule has 8 heteroatoms. The van der Waals surface area contributed by atoms with Crippen molar-refractivity contribution < 1.29 is 26.9 Å². The maximum Gasteiger partial charge on any atom is 0.305 e. The number of piperazine rings is 1. The second-order valence-electron chi connectivity index (χ2n) is 5.94. The highest BCUT2D eigenvalue weighted by molar-refractivity contribution is 6.33. The minimum Gasteiger partial charge on any atom is -1.00 e. The summed E-state index contributed by atoms with van der Waals surface area (Å²) in [7, 11) is 4.11. The lowest BCUT2D eigenvalue weighted by molar-refractivity contribution is -0.906. The van der Waals surface area contributed by atoms with Crippen molar-refractivity contribution in [2.24, 2.45) is 0 Å². The number of carbonyl (C=O) groups excluding carboxylic acids is 1. The minimum atomic E-state index is -0.345. The molecule has 124 valence electrons. The van der Waals surface area contributed by atoms with Gasteiger partial charge in [0.1, 0.15) is 0 Å². The molecule has 0 bridgehead atoms. The van der Waals surface area contributed by atoms with Gasteiger partial charge in [0.25, 0.3) is 0 Å². The van der Waals surface area contributed by atoms with Crippen LogP contribution in [0.2, 0.25) is 5.02 Å². The molecule has 0 aromatic heterocycles. The molecule has 1 saturated heterocycles. The second kappa shape index (κ2) is 7.48. The van der Waals surface area contributed by atoms with Crippen molar-refractivity contribution in [1.29, 1.82) is 0 Å². The maximum absolute atomic E-state index is 12.3. The van der Waals surface area contributed by atoms with E-state index in [1.54, 1.807) is 12.1 Å². The minimum absolute atomic E-state index is 0. The number of nitrogens with zero attached hydrogens (tertiary/aromatic N) is 3. The zero-order valence-electron chi connectivity index (χ0n) is 12.8. The molecule has 6 nitrogen and oxygen atoms in total. The number of likely N-dealkylation sites (N-methyl/N-ethyl adjacent to an activating group) is 2. The number of nitrogens with two attached hydrogens (primary N) is 1. The van der Waals surface area contributed by atoms with E-state index in [9.17, 15) is 10.0 Å². The molecular weight excluding hydrogens is 327 g/mol. The summed E-state index contributed by atoms with van der Waals surface area (Å²) in [5.41, 5.74) is 6.37. The SMILES string of the molecule is CN1CC[N+](C)(CC(=O)N(O)c2ccc(N)c(Cl)c2)CC1.[Cl-]. The van der Waals surface area contributed by atoms with Crippen molar-refractivity contribution in [3.8, 4) is 0 Å². The van der Waals surface area contributed by atoms with Gasteiger partial charge in [0.15, 0.2) is 6.54 Å². The van der Waals surface area contributed by atoms with Crippen LogP contribution in [0.5, 0.6) is 0 Å². The van der Waals surface area contributed by atoms with Gasteiger partial charge in [-0.1, -0.05) is 11.6 Å². The van der Waals surface area contributed by atoms with E-state index in [1.165, 1.54) is 6.07 Å². The summed E-state index contributed by atoms with van der Waals surface area (Å²) in [4.78, 5) is 14.5. The summed E-state index contributed by atoms with van der Waals surface area (Å²) < 4.78 is 0.628. The van der Waals surface area contributed by atoms with E-state index < -0.39 is 0 Å². The normalized spacial score (nSPS) is 17.6. The molecule has 1 amide bonds. The van der Waals surface area contributed by atoms with Gasteiger partial charge in [-0.25, -0.2) is 0 Å². The topological polar surface area (TPSA) is 69.8 Å². The van der Waals surface area contributed by atoms with Gasteiger partial charge in [-0.3, -0.25) is 14.9 Å². The molecule has 0 spiro atoms.